The van der Waals surface area contributed by atoms with Gasteiger partial charge >= 0.3 is 5.97 Å². The topological polar surface area (TPSA) is 41.9 Å². The summed E-state index contributed by atoms with van der Waals surface area (Å²) in [5.74, 6) is -0.301. The van der Waals surface area contributed by atoms with Gasteiger partial charge in [0.1, 0.15) is 0 Å². The molecule has 4 nitrogen and oxygen atoms in total. The van der Waals surface area contributed by atoms with Crippen LogP contribution in [0, 0.1) is 0 Å². The van der Waals surface area contributed by atoms with Crippen molar-refractivity contribution < 1.29 is 9.53 Å². The number of esters is 1. The van der Waals surface area contributed by atoms with Crippen LogP contribution in [0.4, 0.5) is 5.69 Å². The number of aliphatic imine (C=N–C) groups is 1. The summed E-state index contributed by atoms with van der Waals surface area (Å²) < 4.78 is 4.76. The molecule has 1 aromatic rings. The minimum absolute atomic E-state index is 0.301. The number of benzene rings is 1. The Morgan fingerprint density at radius 1 is 1.23 bits per heavy atom. The predicted molar refractivity (Wildman–Crippen MR) is 94.0 cm³/mol. The third-order valence-corrected chi connectivity index (χ3v) is 4.83. The van der Waals surface area contributed by atoms with Crippen LogP contribution in [0.1, 0.15) is 42.5 Å². The first-order valence-corrected chi connectivity index (χ1v) is 8.92. The number of anilines is 1. The first kappa shape index (κ1) is 16.9. The molecule has 0 amide bonds. The Labute approximate surface area is 136 Å². The Balaban J connectivity index is 2.29. The molecule has 0 spiro atoms. The predicted octanol–water partition coefficient (Wildman–Crippen LogP) is 3.96. The van der Waals surface area contributed by atoms with Crippen LogP contribution in [0.2, 0.25) is 0 Å². The van der Waals surface area contributed by atoms with Gasteiger partial charge in [0, 0.05) is 18.8 Å². The molecule has 120 valence electrons. The fourth-order valence-corrected chi connectivity index (χ4v) is 3.62. The molecule has 1 aliphatic carbocycles. The molecule has 0 bridgehead atoms. The summed E-state index contributed by atoms with van der Waals surface area (Å²) >= 11 is 1.67. The highest BCUT2D eigenvalue weighted by Crippen LogP contribution is 2.30. The zero-order valence-corrected chi connectivity index (χ0v) is 14.4. The van der Waals surface area contributed by atoms with Gasteiger partial charge in [-0.05, 0) is 43.4 Å². The molecule has 0 radical (unpaired) electrons. The fourth-order valence-electron chi connectivity index (χ4n) is 2.99. The van der Waals surface area contributed by atoms with Gasteiger partial charge in [-0.1, -0.05) is 31.0 Å². The number of ether oxygens (including phenoxy) is 1. The van der Waals surface area contributed by atoms with Gasteiger partial charge < -0.3 is 9.64 Å². The van der Waals surface area contributed by atoms with Crippen molar-refractivity contribution in [2.45, 2.75) is 38.1 Å². The third-order valence-electron chi connectivity index (χ3n) is 4.09. The maximum absolute atomic E-state index is 11.6. The van der Waals surface area contributed by atoms with Gasteiger partial charge in [-0.15, -0.1) is 0 Å². The third kappa shape index (κ3) is 3.83. The van der Waals surface area contributed by atoms with E-state index < -0.39 is 0 Å². The normalized spacial score (nSPS) is 16.4. The number of hydrogen-bond donors (Lipinski definition) is 0. The summed E-state index contributed by atoms with van der Waals surface area (Å²) in [7, 11) is 3.24. The summed E-state index contributed by atoms with van der Waals surface area (Å²) in [5, 5.41) is 1.03. The number of carbonyl (C=O) groups excluding carboxylic acids is 1. The van der Waals surface area contributed by atoms with E-state index in [0.29, 0.717) is 11.6 Å². The van der Waals surface area contributed by atoms with Gasteiger partial charge in [-0.2, -0.15) is 0 Å². The minimum atomic E-state index is -0.301. The standard InChI is InChI=1S/C17H24N2O2S/c1-18-17(22-3)19(14-7-5-4-6-8-14)15-11-9-13(10-12-15)16(20)21-2/h9-12,14H,4-8H2,1-3H3. The summed E-state index contributed by atoms with van der Waals surface area (Å²) in [6.07, 6.45) is 8.31. The number of nitrogens with zero attached hydrogens (tertiary/aromatic N) is 2. The number of thioether (sulfide) groups is 1. The van der Waals surface area contributed by atoms with Gasteiger partial charge in [0.05, 0.1) is 12.7 Å². The van der Waals surface area contributed by atoms with E-state index in [4.69, 9.17) is 4.74 Å². The fraction of sp³-hybridized carbons (Fsp3) is 0.529. The van der Waals surface area contributed by atoms with Crippen LogP contribution in [0.25, 0.3) is 0 Å². The Morgan fingerprint density at radius 2 is 1.86 bits per heavy atom. The van der Waals surface area contributed by atoms with Crippen LogP contribution in [-0.4, -0.2) is 37.6 Å². The van der Waals surface area contributed by atoms with E-state index in [0.717, 1.165) is 10.9 Å². The van der Waals surface area contributed by atoms with Crippen LogP contribution < -0.4 is 4.90 Å². The molecule has 0 aromatic heterocycles. The molecule has 2 rings (SSSR count). The molecular weight excluding hydrogens is 296 g/mol. The summed E-state index contributed by atoms with van der Waals surface area (Å²) in [6.45, 7) is 0. The molecule has 0 atom stereocenters. The number of amidine groups is 1. The summed E-state index contributed by atoms with van der Waals surface area (Å²) in [5.41, 5.74) is 1.67. The average molecular weight is 320 g/mol. The lowest BCUT2D eigenvalue weighted by Crippen LogP contribution is -2.40. The molecule has 0 N–H and O–H groups in total. The SMILES string of the molecule is CN=C(SC)N(c1ccc(C(=O)OC)cc1)C1CCCCC1. The Kier molecular flexibility index (Phi) is 6.31. The lowest BCUT2D eigenvalue weighted by molar-refractivity contribution is 0.0601. The van der Waals surface area contributed by atoms with E-state index in [9.17, 15) is 4.79 Å². The van der Waals surface area contributed by atoms with Crippen LogP contribution in [-0.2, 0) is 4.74 Å². The van der Waals surface area contributed by atoms with Gasteiger partial charge in [0.25, 0.3) is 0 Å². The highest BCUT2D eigenvalue weighted by atomic mass is 32.2. The van der Waals surface area contributed by atoms with E-state index in [1.54, 1.807) is 11.8 Å². The molecule has 0 heterocycles. The second-order valence-corrected chi connectivity index (χ2v) is 6.18. The van der Waals surface area contributed by atoms with E-state index in [1.807, 2.05) is 31.3 Å². The van der Waals surface area contributed by atoms with Crippen molar-refractivity contribution in [2.75, 3.05) is 25.3 Å². The van der Waals surface area contributed by atoms with Crippen molar-refractivity contribution in [3.8, 4) is 0 Å². The maximum atomic E-state index is 11.6. The zero-order chi connectivity index (χ0) is 15.9. The largest absolute Gasteiger partial charge is 0.465 e. The van der Waals surface area contributed by atoms with E-state index in [-0.39, 0.29) is 5.97 Å². The smallest absolute Gasteiger partial charge is 0.337 e. The van der Waals surface area contributed by atoms with Crippen LogP contribution >= 0.6 is 11.8 Å². The number of rotatable bonds is 3. The zero-order valence-electron chi connectivity index (χ0n) is 13.5. The Bertz CT molecular complexity index is 522. The van der Waals surface area contributed by atoms with Gasteiger partial charge in [0.15, 0.2) is 5.17 Å². The minimum Gasteiger partial charge on any atom is -0.465 e. The van der Waals surface area contributed by atoms with E-state index in [2.05, 4.69) is 16.1 Å². The quantitative estimate of drug-likeness (QED) is 0.480. The highest BCUT2D eigenvalue weighted by molar-refractivity contribution is 8.13. The molecule has 0 aliphatic heterocycles. The summed E-state index contributed by atoms with van der Waals surface area (Å²) in [4.78, 5) is 18.3. The van der Waals surface area contributed by atoms with Gasteiger partial charge in [0.2, 0.25) is 0 Å². The first-order valence-electron chi connectivity index (χ1n) is 7.69. The molecule has 5 heteroatoms. The second-order valence-electron chi connectivity index (χ2n) is 5.41. The molecule has 0 unspecified atom stereocenters. The number of hydrogen-bond acceptors (Lipinski definition) is 4. The lowest BCUT2D eigenvalue weighted by Gasteiger charge is -2.36. The van der Waals surface area contributed by atoms with Crippen molar-refractivity contribution in [3.05, 3.63) is 29.8 Å². The molecule has 1 saturated carbocycles. The molecule has 1 aromatic carbocycles. The van der Waals surface area contributed by atoms with Crippen molar-refractivity contribution in [3.63, 3.8) is 0 Å². The monoisotopic (exact) mass is 320 g/mol. The van der Waals surface area contributed by atoms with Crippen molar-refractivity contribution in [1.82, 2.24) is 0 Å². The molecule has 22 heavy (non-hydrogen) atoms. The van der Waals surface area contributed by atoms with Crippen LogP contribution in [0.15, 0.2) is 29.3 Å². The Hall–Kier alpha value is -1.49. The van der Waals surface area contributed by atoms with Crippen LogP contribution in [0.5, 0.6) is 0 Å². The number of methoxy groups -OCH3 is 1. The summed E-state index contributed by atoms with van der Waals surface area (Å²) in [6, 6.07) is 8.11. The van der Waals surface area contributed by atoms with Crippen molar-refractivity contribution >= 4 is 28.6 Å². The molecule has 0 saturated heterocycles. The van der Waals surface area contributed by atoms with Crippen molar-refractivity contribution in [1.29, 1.82) is 0 Å². The van der Waals surface area contributed by atoms with Gasteiger partial charge in [-0.3, -0.25) is 4.99 Å². The number of carbonyl (C=O) groups is 1. The molecular formula is C17H24N2O2S. The first-order chi connectivity index (χ1) is 10.7. The van der Waals surface area contributed by atoms with Crippen molar-refractivity contribution in [2.24, 2.45) is 4.99 Å². The second kappa shape index (κ2) is 8.22. The lowest BCUT2D eigenvalue weighted by atomic mass is 9.94. The van der Waals surface area contributed by atoms with Gasteiger partial charge in [-0.25, -0.2) is 4.79 Å². The molecule has 1 fully saturated rings. The van der Waals surface area contributed by atoms with E-state index in [1.165, 1.54) is 39.2 Å². The molecule has 1 aliphatic rings. The van der Waals surface area contributed by atoms with Crippen LogP contribution in [0.3, 0.4) is 0 Å². The highest BCUT2D eigenvalue weighted by Gasteiger charge is 2.25. The van der Waals surface area contributed by atoms with E-state index >= 15 is 0 Å². The Morgan fingerprint density at radius 3 is 2.36 bits per heavy atom. The average Bonchev–Trinajstić information content (AvgIpc) is 2.60. The maximum Gasteiger partial charge on any atom is 0.337 e.